The van der Waals surface area contributed by atoms with Crippen molar-refractivity contribution in [3.8, 4) is 0 Å². The fraction of sp³-hybridized carbons (Fsp3) is 0.746. The molecule has 1 atom stereocenters. The van der Waals surface area contributed by atoms with E-state index in [-0.39, 0.29) is 37.5 Å². The molecular weight excluding hydrogens is 805 g/mol. The molecule has 0 aliphatic rings. The van der Waals surface area contributed by atoms with Crippen molar-refractivity contribution in [3.05, 3.63) is 72.9 Å². The van der Waals surface area contributed by atoms with Crippen molar-refractivity contribution in [2.24, 2.45) is 0 Å². The zero-order chi connectivity index (χ0) is 47.2. The summed E-state index contributed by atoms with van der Waals surface area (Å²) in [7, 11) is 0. The Kier molecular flexibility index (Phi) is 50.9. The Labute approximate surface area is 402 Å². The number of allylic oxidation sites excluding steroid dienone is 12. The summed E-state index contributed by atoms with van der Waals surface area (Å²) >= 11 is 0. The molecule has 0 aromatic heterocycles. The summed E-state index contributed by atoms with van der Waals surface area (Å²) in [5.74, 6) is -0.973. The molecule has 374 valence electrons. The summed E-state index contributed by atoms with van der Waals surface area (Å²) in [6, 6.07) is 0. The number of rotatable bonds is 49. The highest BCUT2D eigenvalue weighted by molar-refractivity contribution is 5.71. The zero-order valence-corrected chi connectivity index (χ0v) is 42.7. The third kappa shape index (κ3) is 51.7. The molecule has 0 aromatic carbocycles. The molecule has 6 nitrogen and oxygen atoms in total. The van der Waals surface area contributed by atoms with E-state index in [4.69, 9.17) is 14.2 Å². The molecule has 0 unspecified atom stereocenters. The van der Waals surface area contributed by atoms with Gasteiger partial charge in [0.15, 0.2) is 6.10 Å². The number of carbonyl (C=O) groups excluding carboxylic acids is 3. The smallest absolute Gasteiger partial charge is 0.306 e. The molecule has 6 heteroatoms. The lowest BCUT2D eigenvalue weighted by molar-refractivity contribution is -0.167. The Hall–Kier alpha value is -3.15. The van der Waals surface area contributed by atoms with Crippen LogP contribution in [0.3, 0.4) is 0 Å². The van der Waals surface area contributed by atoms with Gasteiger partial charge in [-0.25, -0.2) is 0 Å². The SMILES string of the molecule is CCCCC/C=C\C/C=C\CCCCCCCC(=O)OC[C@H](COC(=O)CCC/C=C\C/C=C\C/C=C\CCCCCCCC)OC(=O)CCCCCCC/C=C\CCCCCCCC. The first-order valence-corrected chi connectivity index (χ1v) is 27.4. The maximum absolute atomic E-state index is 12.8. The molecular formula is C59H102O6. The van der Waals surface area contributed by atoms with Gasteiger partial charge in [0, 0.05) is 19.3 Å². The lowest BCUT2D eigenvalue weighted by Gasteiger charge is -2.18. The molecule has 0 heterocycles. The largest absolute Gasteiger partial charge is 0.462 e. The second kappa shape index (κ2) is 53.5. The van der Waals surface area contributed by atoms with E-state index in [1.807, 2.05) is 0 Å². The first kappa shape index (κ1) is 61.9. The van der Waals surface area contributed by atoms with Crippen LogP contribution in [0.4, 0.5) is 0 Å². The van der Waals surface area contributed by atoms with Crippen LogP contribution in [0.2, 0.25) is 0 Å². The van der Waals surface area contributed by atoms with Gasteiger partial charge in [0.25, 0.3) is 0 Å². The second-order valence-electron chi connectivity index (χ2n) is 18.1. The van der Waals surface area contributed by atoms with Crippen LogP contribution in [0, 0.1) is 0 Å². The summed E-state index contributed by atoms with van der Waals surface area (Å²) in [4.78, 5) is 38.0. The van der Waals surface area contributed by atoms with E-state index < -0.39 is 6.10 Å². The van der Waals surface area contributed by atoms with Crippen LogP contribution in [0.25, 0.3) is 0 Å². The van der Waals surface area contributed by atoms with Crippen LogP contribution >= 0.6 is 0 Å². The first-order chi connectivity index (χ1) is 32.0. The predicted molar refractivity (Wildman–Crippen MR) is 279 cm³/mol. The Morgan fingerprint density at radius 1 is 0.308 bits per heavy atom. The Morgan fingerprint density at radius 3 is 0.969 bits per heavy atom. The van der Waals surface area contributed by atoms with Gasteiger partial charge in [-0.1, -0.05) is 209 Å². The third-order valence-corrected chi connectivity index (χ3v) is 11.7. The van der Waals surface area contributed by atoms with Crippen LogP contribution in [0.1, 0.15) is 265 Å². The summed E-state index contributed by atoms with van der Waals surface area (Å²) < 4.78 is 16.8. The number of hydrogen-bond acceptors (Lipinski definition) is 6. The molecule has 0 aliphatic carbocycles. The van der Waals surface area contributed by atoms with Crippen LogP contribution in [-0.2, 0) is 28.6 Å². The van der Waals surface area contributed by atoms with E-state index in [0.717, 1.165) is 96.3 Å². The lowest BCUT2D eigenvalue weighted by Crippen LogP contribution is -2.30. The Balaban J connectivity index is 4.49. The Bertz CT molecular complexity index is 1230. The van der Waals surface area contributed by atoms with Gasteiger partial charge in [0.05, 0.1) is 0 Å². The highest BCUT2D eigenvalue weighted by Crippen LogP contribution is 2.13. The third-order valence-electron chi connectivity index (χ3n) is 11.7. The number of carbonyl (C=O) groups is 3. The average Bonchev–Trinajstić information content (AvgIpc) is 3.30. The van der Waals surface area contributed by atoms with Crippen molar-refractivity contribution in [3.63, 3.8) is 0 Å². The van der Waals surface area contributed by atoms with Gasteiger partial charge in [-0.05, 0) is 109 Å². The minimum atomic E-state index is -0.805. The van der Waals surface area contributed by atoms with Gasteiger partial charge < -0.3 is 14.2 Å². The molecule has 0 bridgehead atoms. The van der Waals surface area contributed by atoms with E-state index >= 15 is 0 Å². The van der Waals surface area contributed by atoms with Crippen molar-refractivity contribution < 1.29 is 28.6 Å². The lowest BCUT2D eigenvalue weighted by atomic mass is 10.1. The normalized spacial score (nSPS) is 12.6. The molecule has 0 aromatic rings. The van der Waals surface area contributed by atoms with Crippen molar-refractivity contribution in [1.82, 2.24) is 0 Å². The minimum absolute atomic E-state index is 0.102. The molecule has 0 fully saturated rings. The molecule has 65 heavy (non-hydrogen) atoms. The first-order valence-electron chi connectivity index (χ1n) is 27.4. The highest BCUT2D eigenvalue weighted by atomic mass is 16.6. The molecule has 0 saturated carbocycles. The number of esters is 3. The number of ether oxygens (including phenoxy) is 3. The fourth-order valence-corrected chi connectivity index (χ4v) is 7.48. The molecule has 0 rings (SSSR count). The van der Waals surface area contributed by atoms with Crippen molar-refractivity contribution in [1.29, 1.82) is 0 Å². The van der Waals surface area contributed by atoms with Gasteiger partial charge in [-0.3, -0.25) is 14.4 Å². The van der Waals surface area contributed by atoms with E-state index in [2.05, 4.69) is 93.7 Å². The van der Waals surface area contributed by atoms with Gasteiger partial charge in [-0.2, -0.15) is 0 Å². The quantitative estimate of drug-likeness (QED) is 0.0262. The van der Waals surface area contributed by atoms with E-state index in [9.17, 15) is 14.4 Å². The van der Waals surface area contributed by atoms with Gasteiger partial charge in [-0.15, -0.1) is 0 Å². The standard InChI is InChI=1S/C59H102O6/c1-4-7-10-13-16-19-22-25-28-29-32-34-37-40-43-46-49-52-58(61)64-55-56(65-59(62)53-50-47-44-41-38-35-31-27-24-21-18-15-12-9-6-3)54-63-57(60)51-48-45-42-39-36-33-30-26-23-20-17-14-11-8-5-2/h17,20,25-28,30-32,34,40,43,56H,4-16,18-19,21-24,29,33,35-39,41-42,44-55H2,1-3H3/b20-17-,28-25-,30-26-,31-27-,34-32-,43-40-/t56-/m1/s1. The van der Waals surface area contributed by atoms with E-state index in [1.165, 1.54) is 122 Å². The zero-order valence-electron chi connectivity index (χ0n) is 42.7. The van der Waals surface area contributed by atoms with Crippen LogP contribution < -0.4 is 0 Å². The maximum Gasteiger partial charge on any atom is 0.306 e. The molecule has 0 spiro atoms. The van der Waals surface area contributed by atoms with Crippen molar-refractivity contribution in [2.45, 2.75) is 271 Å². The van der Waals surface area contributed by atoms with Crippen LogP contribution in [0.15, 0.2) is 72.9 Å². The van der Waals surface area contributed by atoms with Gasteiger partial charge in [0.1, 0.15) is 13.2 Å². The Morgan fingerprint density at radius 2 is 0.569 bits per heavy atom. The summed E-state index contributed by atoms with van der Waals surface area (Å²) in [5, 5.41) is 0. The fourth-order valence-electron chi connectivity index (χ4n) is 7.48. The highest BCUT2D eigenvalue weighted by Gasteiger charge is 2.19. The summed E-state index contributed by atoms with van der Waals surface area (Å²) in [6.07, 6.45) is 67.5. The van der Waals surface area contributed by atoms with Crippen molar-refractivity contribution >= 4 is 17.9 Å². The molecule has 0 radical (unpaired) electrons. The van der Waals surface area contributed by atoms with Crippen LogP contribution in [0.5, 0.6) is 0 Å². The molecule has 0 aliphatic heterocycles. The van der Waals surface area contributed by atoms with Crippen molar-refractivity contribution in [2.75, 3.05) is 13.2 Å². The molecule has 0 N–H and O–H groups in total. The average molecular weight is 907 g/mol. The van der Waals surface area contributed by atoms with Gasteiger partial charge >= 0.3 is 17.9 Å². The van der Waals surface area contributed by atoms with E-state index in [1.54, 1.807) is 0 Å². The molecule has 0 saturated heterocycles. The molecule has 0 amide bonds. The van der Waals surface area contributed by atoms with Crippen LogP contribution in [-0.4, -0.2) is 37.2 Å². The summed E-state index contributed by atoms with van der Waals surface area (Å²) in [5.41, 5.74) is 0. The van der Waals surface area contributed by atoms with E-state index in [0.29, 0.717) is 19.3 Å². The van der Waals surface area contributed by atoms with Gasteiger partial charge in [0.2, 0.25) is 0 Å². The monoisotopic (exact) mass is 907 g/mol. The topological polar surface area (TPSA) is 78.9 Å². The minimum Gasteiger partial charge on any atom is -0.462 e. The maximum atomic E-state index is 12.8. The number of unbranched alkanes of at least 4 members (excludes halogenated alkanes) is 26. The second-order valence-corrected chi connectivity index (χ2v) is 18.1. The predicted octanol–water partition coefficient (Wildman–Crippen LogP) is 18.2. The summed E-state index contributed by atoms with van der Waals surface area (Å²) in [6.45, 7) is 6.54. The number of hydrogen-bond donors (Lipinski definition) is 0.